The van der Waals surface area contributed by atoms with E-state index in [4.69, 9.17) is 0 Å². The Morgan fingerprint density at radius 2 is 0.922 bits per heavy atom. The first-order chi connectivity index (χ1) is 23.3. The first-order valence-corrected chi connectivity index (χ1v) is 14.7. The van der Waals surface area contributed by atoms with E-state index < -0.39 is 98.9 Å². The molecule has 3 nitrogen and oxygen atoms in total. The number of aromatic nitrogens is 1. The Kier molecular flexibility index (Phi) is 9.54. The van der Waals surface area contributed by atoms with Crippen molar-refractivity contribution in [2.45, 2.75) is 55.9 Å². The molecule has 276 valence electrons. The van der Waals surface area contributed by atoms with Gasteiger partial charge in [0.25, 0.3) is 0 Å². The molecular weight excluding hydrogens is 725 g/mol. The Morgan fingerprint density at radius 1 is 0.510 bits per heavy atom. The second-order valence-electron chi connectivity index (χ2n) is 11.9. The van der Waals surface area contributed by atoms with Crippen molar-refractivity contribution in [1.82, 2.24) is 9.47 Å². The summed E-state index contributed by atoms with van der Waals surface area (Å²) in [5.74, 6) is 0. The van der Waals surface area contributed by atoms with Gasteiger partial charge in [0.2, 0.25) is 0 Å². The minimum Gasteiger partial charge on any atom is -0.375 e. The van der Waals surface area contributed by atoms with Crippen LogP contribution in [-0.4, -0.2) is 27.7 Å². The molecule has 1 saturated heterocycles. The van der Waals surface area contributed by atoms with Crippen LogP contribution in [0.5, 0.6) is 0 Å². The molecule has 4 aromatic rings. The van der Waals surface area contributed by atoms with Crippen LogP contribution in [0, 0.1) is 0 Å². The van der Waals surface area contributed by atoms with Crippen molar-refractivity contribution < 1.29 is 71.0 Å². The minimum absolute atomic E-state index is 0.124. The van der Waals surface area contributed by atoms with Gasteiger partial charge in [0.1, 0.15) is 0 Å². The normalized spacial score (nSPS) is 15.5. The standard InChI is InChI=1S/C33H23F15N2O/c34-29(35,36)21-11-19(12-22(15-21)30(37,38)39)28(51,20-13-23(31(40,41)42)16-24(14-20)32(43,44)45)26-7-4-10-50(26)27-18(17-49-8-1-2-9-49)5-3-6-25(27)33(46,47)48/h3-7,10-16,51H,1-2,8-9,17H2. The van der Waals surface area contributed by atoms with Gasteiger partial charge < -0.3 is 9.67 Å². The first kappa shape index (κ1) is 38.1. The molecule has 0 spiro atoms. The maximum absolute atomic E-state index is 14.6. The summed E-state index contributed by atoms with van der Waals surface area (Å²) in [6.07, 6.45) is -25.5. The average Bonchev–Trinajstić information content (AvgIpc) is 3.71. The SMILES string of the molecule is OC(c1cc(C(F)(F)F)cc(C(F)(F)F)c1)(c1cc(C(F)(F)F)cc(C(F)(F)F)c1)c1cccn1-c1c(CN2CCCC2)cccc1C(F)(F)F. The number of hydrogen-bond donors (Lipinski definition) is 1. The molecule has 1 aliphatic rings. The van der Waals surface area contributed by atoms with E-state index in [9.17, 15) is 71.0 Å². The van der Waals surface area contributed by atoms with Crippen molar-refractivity contribution in [3.63, 3.8) is 0 Å². The molecule has 0 radical (unpaired) electrons. The van der Waals surface area contributed by atoms with E-state index in [1.54, 1.807) is 4.90 Å². The molecule has 1 fully saturated rings. The first-order valence-electron chi connectivity index (χ1n) is 14.7. The van der Waals surface area contributed by atoms with E-state index in [-0.39, 0.29) is 36.4 Å². The van der Waals surface area contributed by atoms with Crippen LogP contribution in [0.25, 0.3) is 5.69 Å². The topological polar surface area (TPSA) is 28.4 Å². The zero-order chi connectivity index (χ0) is 37.9. The largest absolute Gasteiger partial charge is 0.418 e. The van der Waals surface area contributed by atoms with Crippen LogP contribution >= 0.6 is 0 Å². The van der Waals surface area contributed by atoms with Gasteiger partial charge in [-0.2, -0.15) is 65.9 Å². The van der Waals surface area contributed by atoms with Gasteiger partial charge in [-0.15, -0.1) is 0 Å². The second-order valence-corrected chi connectivity index (χ2v) is 11.9. The van der Waals surface area contributed by atoms with Crippen LogP contribution in [0.15, 0.2) is 72.9 Å². The Hall–Kier alpha value is -4.19. The van der Waals surface area contributed by atoms with Crippen molar-refractivity contribution in [3.05, 3.63) is 123 Å². The Balaban J connectivity index is 1.94. The number of halogens is 15. The van der Waals surface area contributed by atoms with Gasteiger partial charge in [-0.25, -0.2) is 0 Å². The fourth-order valence-electron chi connectivity index (χ4n) is 6.07. The smallest absolute Gasteiger partial charge is 0.375 e. The lowest BCUT2D eigenvalue weighted by Crippen LogP contribution is -2.34. The Bertz CT molecular complexity index is 1750. The van der Waals surface area contributed by atoms with Crippen molar-refractivity contribution >= 4 is 0 Å². The number of hydrogen-bond acceptors (Lipinski definition) is 2. The maximum Gasteiger partial charge on any atom is 0.418 e. The van der Waals surface area contributed by atoms with E-state index in [2.05, 4.69) is 0 Å². The highest BCUT2D eigenvalue weighted by molar-refractivity contribution is 5.57. The molecule has 2 heterocycles. The van der Waals surface area contributed by atoms with E-state index in [1.807, 2.05) is 0 Å². The highest BCUT2D eigenvalue weighted by Crippen LogP contribution is 2.47. The molecule has 1 aromatic heterocycles. The fraction of sp³-hybridized carbons (Fsp3) is 0.333. The molecule has 0 unspecified atom stereocenters. The fourth-order valence-corrected chi connectivity index (χ4v) is 6.07. The molecule has 51 heavy (non-hydrogen) atoms. The molecule has 5 rings (SSSR count). The van der Waals surface area contributed by atoms with Crippen molar-refractivity contribution in [2.75, 3.05) is 13.1 Å². The second kappa shape index (κ2) is 12.8. The number of nitrogens with zero attached hydrogens (tertiary/aromatic N) is 2. The van der Waals surface area contributed by atoms with Gasteiger partial charge >= 0.3 is 30.9 Å². The lowest BCUT2D eigenvalue weighted by atomic mass is 9.80. The van der Waals surface area contributed by atoms with Gasteiger partial charge in [-0.3, -0.25) is 4.90 Å². The van der Waals surface area contributed by atoms with Gasteiger partial charge in [-0.05, 0) is 97.2 Å². The van der Waals surface area contributed by atoms with Gasteiger partial charge in [0, 0.05) is 12.7 Å². The Labute approximate surface area is 278 Å². The van der Waals surface area contributed by atoms with Crippen LogP contribution in [0.1, 0.15) is 63.0 Å². The number of aliphatic hydroxyl groups is 1. The number of alkyl halides is 15. The quantitative estimate of drug-likeness (QED) is 0.199. The minimum atomic E-state index is -5.62. The molecular formula is C33H23F15N2O. The maximum atomic E-state index is 14.6. The molecule has 0 saturated carbocycles. The summed E-state index contributed by atoms with van der Waals surface area (Å²) in [5, 5.41) is 12.4. The van der Waals surface area contributed by atoms with Crippen LogP contribution in [0.4, 0.5) is 65.9 Å². The molecule has 0 atom stereocenters. The van der Waals surface area contributed by atoms with Crippen molar-refractivity contribution in [1.29, 1.82) is 0 Å². The number of para-hydroxylation sites is 1. The average molecular weight is 749 g/mol. The molecule has 0 bridgehead atoms. The van der Waals surface area contributed by atoms with E-state index in [0.717, 1.165) is 18.3 Å². The molecule has 1 aliphatic heterocycles. The molecule has 18 heteroatoms. The summed E-state index contributed by atoms with van der Waals surface area (Å²) < 4.78 is 212. The summed E-state index contributed by atoms with van der Waals surface area (Å²) in [6.45, 7) is 0.652. The summed E-state index contributed by atoms with van der Waals surface area (Å²) in [6, 6.07) is 3.05. The van der Waals surface area contributed by atoms with E-state index in [1.165, 1.54) is 6.07 Å². The zero-order valence-electron chi connectivity index (χ0n) is 25.5. The van der Waals surface area contributed by atoms with Gasteiger partial charge in [-0.1, -0.05) is 12.1 Å². The predicted octanol–water partition coefficient (Wildman–Crippen LogP) is 10.5. The monoisotopic (exact) mass is 748 g/mol. The van der Waals surface area contributed by atoms with Gasteiger partial charge in [0.15, 0.2) is 5.60 Å². The molecule has 1 N–H and O–H groups in total. The lowest BCUT2D eigenvalue weighted by molar-refractivity contribution is -0.144. The number of rotatable bonds is 6. The molecule has 3 aromatic carbocycles. The van der Waals surface area contributed by atoms with Crippen LogP contribution < -0.4 is 0 Å². The van der Waals surface area contributed by atoms with Gasteiger partial charge in [0.05, 0.1) is 39.2 Å². The number of benzene rings is 3. The zero-order valence-corrected chi connectivity index (χ0v) is 25.5. The van der Waals surface area contributed by atoms with Crippen molar-refractivity contribution in [3.8, 4) is 5.69 Å². The third-order valence-corrected chi connectivity index (χ3v) is 8.39. The van der Waals surface area contributed by atoms with Crippen LogP contribution in [-0.2, 0) is 43.0 Å². The summed E-state index contributed by atoms with van der Waals surface area (Å²) >= 11 is 0. The molecule has 0 aliphatic carbocycles. The van der Waals surface area contributed by atoms with Crippen LogP contribution in [0.2, 0.25) is 0 Å². The van der Waals surface area contributed by atoms with Crippen LogP contribution in [0.3, 0.4) is 0 Å². The van der Waals surface area contributed by atoms with Crippen molar-refractivity contribution in [2.24, 2.45) is 0 Å². The summed E-state index contributed by atoms with van der Waals surface area (Å²) in [4.78, 5) is 1.72. The highest BCUT2D eigenvalue weighted by Gasteiger charge is 2.47. The summed E-state index contributed by atoms with van der Waals surface area (Å²) in [5.41, 5.74) is -18.8. The lowest BCUT2D eigenvalue weighted by Gasteiger charge is -2.34. The predicted molar refractivity (Wildman–Crippen MR) is 150 cm³/mol. The third-order valence-electron chi connectivity index (χ3n) is 8.39. The Morgan fingerprint density at radius 3 is 1.31 bits per heavy atom. The van der Waals surface area contributed by atoms with E-state index >= 15 is 0 Å². The third kappa shape index (κ3) is 7.71. The molecule has 0 amide bonds. The number of likely N-dealkylation sites (tertiary alicyclic amines) is 1. The van der Waals surface area contributed by atoms with E-state index in [0.29, 0.717) is 42.6 Å². The summed E-state index contributed by atoms with van der Waals surface area (Å²) in [7, 11) is 0. The highest BCUT2D eigenvalue weighted by atomic mass is 19.4.